The zero-order chi connectivity index (χ0) is 16.8. The van der Waals surface area contributed by atoms with Crippen molar-refractivity contribution in [3.8, 4) is 0 Å². The van der Waals surface area contributed by atoms with Gasteiger partial charge in [0.05, 0.1) is 19.6 Å². The first-order valence-electron chi connectivity index (χ1n) is 6.31. The van der Waals surface area contributed by atoms with Gasteiger partial charge in [-0.1, -0.05) is 6.92 Å². The van der Waals surface area contributed by atoms with Crippen LogP contribution in [0.3, 0.4) is 0 Å². The number of carbonyl (C=O) groups excluding carboxylic acids is 1. The van der Waals surface area contributed by atoms with E-state index in [9.17, 15) is 18.0 Å². The maximum atomic E-state index is 12.4. The predicted octanol–water partition coefficient (Wildman–Crippen LogP) is 1.64. The van der Waals surface area contributed by atoms with Crippen LogP contribution in [0.2, 0.25) is 0 Å². The Morgan fingerprint density at radius 2 is 2.18 bits per heavy atom. The molecule has 1 unspecified atom stereocenters. The van der Waals surface area contributed by atoms with Crippen LogP contribution in [0.25, 0.3) is 0 Å². The number of nitrogens with one attached hydrogen (secondary N) is 2. The zero-order valence-corrected chi connectivity index (χ0v) is 13.1. The van der Waals surface area contributed by atoms with Gasteiger partial charge >= 0.3 is 12.1 Å². The summed E-state index contributed by atoms with van der Waals surface area (Å²) in [6.07, 6.45) is -4.44. The molecular weight excluding hydrogens is 321 g/mol. The largest absolute Gasteiger partial charge is 0.469 e. The first-order valence-corrected chi connectivity index (χ1v) is 7.19. The number of rotatable bonds is 5. The van der Waals surface area contributed by atoms with E-state index in [1.165, 1.54) is 14.2 Å². The molecule has 0 radical (unpaired) electrons. The number of aliphatic imine (C=N–C) groups is 1. The Morgan fingerprint density at radius 3 is 2.68 bits per heavy atom. The molecular formula is C12H17F3N4O2S. The lowest BCUT2D eigenvalue weighted by molar-refractivity contribution is -0.144. The molecule has 2 N–H and O–H groups in total. The number of ether oxygens (including phenoxy) is 1. The van der Waals surface area contributed by atoms with E-state index in [-0.39, 0.29) is 30.0 Å². The molecule has 0 spiro atoms. The van der Waals surface area contributed by atoms with Crippen LogP contribution in [0, 0.1) is 5.92 Å². The van der Waals surface area contributed by atoms with E-state index in [0.717, 1.165) is 16.7 Å². The number of esters is 1. The third-order valence-corrected chi connectivity index (χ3v) is 3.50. The maximum absolute atomic E-state index is 12.4. The summed E-state index contributed by atoms with van der Waals surface area (Å²) < 4.78 is 41.9. The molecule has 0 saturated carbocycles. The maximum Gasteiger partial charge on any atom is 0.434 e. The van der Waals surface area contributed by atoms with E-state index in [1.807, 2.05) is 0 Å². The SMILES string of the molecule is CN=C(NCc1nc(C(F)(F)F)cs1)NCC(C)C(=O)OC. The first-order chi connectivity index (χ1) is 10.3. The molecule has 1 atom stereocenters. The van der Waals surface area contributed by atoms with Gasteiger partial charge in [-0.25, -0.2) is 4.98 Å². The minimum absolute atomic E-state index is 0.104. The van der Waals surface area contributed by atoms with Crippen molar-refractivity contribution in [2.45, 2.75) is 19.6 Å². The zero-order valence-electron chi connectivity index (χ0n) is 12.3. The van der Waals surface area contributed by atoms with Crippen LogP contribution < -0.4 is 10.6 Å². The normalized spacial score (nSPS) is 13.6. The first kappa shape index (κ1) is 18.2. The van der Waals surface area contributed by atoms with Crippen molar-refractivity contribution in [3.63, 3.8) is 0 Å². The second-order valence-electron chi connectivity index (χ2n) is 4.36. The van der Waals surface area contributed by atoms with Crippen molar-refractivity contribution in [3.05, 3.63) is 16.1 Å². The fourth-order valence-electron chi connectivity index (χ4n) is 1.44. The number of carbonyl (C=O) groups is 1. The molecule has 0 aromatic carbocycles. The lowest BCUT2D eigenvalue weighted by Gasteiger charge is -2.14. The molecule has 0 saturated heterocycles. The number of hydrogen-bond acceptors (Lipinski definition) is 5. The highest BCUT2D eigenvalue weighted by Crippen LogP contribution is 2.29. The molecule has 0 aliphatic rings. The summed E-state index contributed by atoms with van der Waals surface area (Å²) in [4.78, 5) is 18.7. The van der Waals surface area contributed by atoms with Gasteiger partial charge in [0.15, 0.2) is 11.7 Å². The number of nitrogens with zero attached hydrogens (tertiary/aromatic N) is 2. The molecule has 0 bridgehead atoms. The summed E-state index contributed by atoms with van der Waals surface area (Å²) in [5.41, 5.74) is -0.906. The standard InChI is InChI=1S/C12H17F3N4O2S/c1-7(10(20)21-3)4-17-11(16-2)18-5-9-19-8(6-22-9)12(13,14)15/h6-7H,4-5H2,1-3H3,(H2,16,17,18). The molecule has 0 aliphatic heterocycles. The fraction of sp³-hybridized carbons (Fsp3) is 0.583. The van der Waals surface area contributed by atoms with Crippen LogP contribution in [0.5, 0.6) is 0 Å². The van der Waals surface area contributed by atoms with Crippen molar-refractivity contribution in [2.75, 3.05) is 20.7 Å². The monoisotopic (exact) mass is 338 g/mol. The van der Waals surface area contributed by atoms with Gasteiger partial charge in [0.1, 0.15) is 5.01 Å². The summed E-state index contributed by atoms with van der Waals surface area (Å²) in [7, 11) is 2.81. The topological polar surface area (TPSA) is 75.6 Å². The molecule has 0 amide bonds. The van der Waals surface area contributed by atoms with Gasteiger partial charge < -0.3 is 15.4 Å². The fourth-order valence-corrected chi connectivity index (χ4v) is 2.18. The highest BCUT2D eigenvalue weighted by atomic mass is 32.1. The number of thiazole rings is 1. The quantitative estimate of drug-likeness (QED) is 0.485. The molecule has 124 valence electrons. The van der Waals surface area contributed by atoms with Crippen LogP contribution in [-0.2, 0) is 22.3 Å². The van der Waals surface area contributed by atoms with E-state index in [1.54, 1.807) is 6.92 Å². The minimum atomic E-state index is -4.44. The summed E-state index contributed by atoms with van der Waals surface area (Å²) in [5, 5.41) is 6.97. The summed E-state index contributed by atoms with van der Waals surface area (Å²) in [6, 6.07) is 0. The van der Waals surface area contributed by atoms with E-state index < -0.39 is 11.9 Å². The Hall–Kier alpha value is -1.84. The minimum Gasteiger partial charge on any atom is -0.469 e. The number of methoxy groups -OCH3 is 1. The van der Waals surface area contributed by atoms with Gasteiger partial charge in [0.2, 0.25) is 0 Å². The van der Waals surface area contributed by atoms with Gasteiger partial charge in [-0.05, 0) is 0 Å². The van der Waals surface area contributed by atoms with E-state index in [0.29, 0.717) is 5.96 Å². The number of alkyl halides is 3. The summed E-state index contributed by atoms with van der Waals surface area (Å²) in [6.45, 7) is 2.08. The Bertz CT molecular complexity index is 531. The van der Waals surface area contributed by atoms with Crippen molar-refractivity contribution in [2.24, 2.45) is 10.9 Å². The van der Waals surface area contributed by atoms with Crippen LogP contribution in [0.1, 0.15) is 17.6 Å². The van der Waals surface area contributed by atoms with Crippen LogP contribution in [0.15, 0.2) is 10.4 Å². The average molecular weight is 338 g/mol. The number of guanidine groups is 1. The predicted molar refractivity (Wildman–Crippen MR) is 76.5 cm³/mol. The van der Waals surface area contributed by atoms with E-state index in [4.69, 9.17) is 0 Å². The van der Waals surface area contributed by atoms with Crippen molar-refractivity contribution in [1.82, 2.24) is 15.6 Å². The number of hydrogen-bond donors (Lipinski definition) is 2. The Labute approximate surface area is 129 Å². The number of halogens is 3. The van der Waals surface area contributed by atoms with Crippen LogP contribution >= 0.6 is 11.3 Å². The molecule has 22 heavy (non-hydrogen) atoms. The van der Waals surface area contributed by atoms with Crippen molar-refractivity contribution < 1.29 is 22.7 Å². The Balaban J connectivity index is 2.48. The van der Waals surface area contributed by atoms with Gasteiger partial charge in [-0.15, -0.1) is 11.3 Å². The highest BCUT2D eigenvalue weighted by molar-refractivity contribution is 7.09. The number of aromatic nitrogens is 1. The molecule has 1 aromatic rings. The molecule has 10 heteroatoms. The lowest BCUT2D eigenvalue weighted by Crippen LogP contribution is -2.40. The Morgan fingerprint density at radius 1 is 1.50 bits per heavy atom. The second kappa shape index (κ2) is 7.97. The van der Waals surface area contributed by atoms with Crippen LogP contribution in [-0.4, -0.2) is 37.6 Å². The molecule has 6 nitrogen and oxygen atoms in total. The molecule has 1 heterocycles. The van der Waals surface area contributed by atoms with Crippen molar-refractivity contribution >= 4 is 23.3 Å². The molecule has 1 aromatic heterocycles. The van der Waals surface area contributed by atoms with E-state index >= 15 is 0 Å². The van der Waals surface area contributed by atoms with Gasteiger partial charge in [-0.2, -0.15) is 13.2 Å². The Kier molecular flexibility index (Phi) is 6.60. The van der Waals surface area contributed by atoms with Gasteiger partial charge in [-0.3, -0.25) is 9.79 Å². The average Bonchev–Trinajstić information content (AvgIpc) is 2.95. The molecule has 1 rings (SSSR count). The second-order valence-corrected chi connectivity index (χ2v) is 5.30. The summed E-state index contributed by atoms with van der Waals surface area (Å²) >= 11 is 0.911. The van der Waals surface area contributed by atoms with Crippen molar-refractivity contribution in [1.29, 1.82) is 0 Å². The smallest absolute Gasteiger partial charge is 0.434 e. The summed E-state index contributed by atoms with van der Waals surface area (Å²) in [5.74, 6) is -0.377. The highest BCUT2D eigenvalue weighted by Gasteiger charge is 2.33. The lowest BCUT2D eigenvalue weighted by atomic mass is 10.2. The van der Waals surface area contributed by atoms with E-state index in [2.05, 4.69) is 25.3 Å². The van der Waals surface area contributed by atoms with Gasteiger partial charge in [0, 0.05) is 19.0 Å². The third-order valence-electron chi connectivity index (χ3n) is 2.65. The van der Waals surface area contributed by atoms with Crippen LogP contribution in [0.4, 0.5) is 13.2 Å². The van der Waals surface area contributed by atoms with Gasteiger partial charge in [0.25, 0.3) is 0 Å². The molecule has 0 fully saturated rings. The molecule has 0 aliphatic carbocycles. The third kappa shape index (κ3) is 5.51.